The molecule has 1 heterocycles. The van der Waals surface area contributed by atoms with Crippen LogP contribution >= 0.6 is 0 Å². The second kappa shape index (κ2) is 5.83. The zero-order valence-corrected chi connectivity index (χ0v) is 9.61. The van der Waals surface area contributed by atoms with Gasteiger partial charge in [0.25, 0.3) is 5.69 Å². The number of aromatic nitrogens is 2. The fraction of sp³-hybridized carbons (Fsp3) is 0.167. The molecule has 0 bridgehead atoms. The molecule has 1 aromatic heterocycles. The highest BCUT2D eigenvalue weighted by Crippen LogP contribution is 2.12. The van der Waals surface area contributed by atoms with Crippen molar-refractivity contribution in [2.45, 2.75) is 13.1 Å². The van der Waals surface area contributed by atoms with Gasteiger partial charge in [0, 0.05) is 31.4 Å². The van der Waals surface area contributed by atoms with Crippen molar-refractivity contribution in [2.24, 2.45) is 0 Å². The van der Waals surface area contributed by atoms with Crippen molar-refractivity contribution >= 4 is 5.69 Å². The predicted molar refractivity (Wildman–Crippen MR) is 65.7 cm³/mol. The lowest BCUT2D eigenvalue weighted by atomic mass is 10.2. The van der Waals surface area contributed by atoms with Crippen LogP contribution in [0.5, 0.6) is 0 Å². The minimum Gasteiger partial charge on any atom is -0.307 e. The van der Waals surface area contributed by atoms with E-state index in [2.05, 4.69) is 15.5 Å². The highest BCUT2D eigenvalue weighted by Gasteiger charge is 2.05. The molecule has 1 N–H and O–H groups in total. The molecule has 0 fully saturated rings. The molecule has 2 aromatic rings. The van der Waals surface area contributed by atoms with Gasteiger partial charge in [0.2, 0.25) is 0 Å². The maximum atomic E-state index is 10.6. The average molecular weight is 244 g/mol. The third kappa shape index (κ3) is 3.33. The van der Waals surface area contributed by atoms with Gasteiger partial charge in [-0.15, -0.1) is 0 Å². The van der Waals surface area contributed by atoms with Crippen LogP contribution in [-0.4, -0.2) is 15.1 Å². The number of nitro benzene ring substituents is 1. The molecular weight excluding hydrogens is 232 g/mol. The normalized spacial score (nSPS) is 10.2. The summed E-state index contributed by atoms with van der Waals surface area (Å²) in [4.78, 5) is 10.2. The second-order valence-corrected chi connectivity index (χ2v) is 3.75. The molecule has 18 heavy (non-hydrogen) atoms. The molecule has 0 unspecified atom stereocenters. The van der Waals surface area contributed by atoms with Gasteiger partial charge in [0.05, 0.1) is 10.6 Å². The first kappa shape index (κ1) is 12.1. The third-order valence-electron chi connectivity index (χ3n) is 2.38. The van der Waals surface area contributed by atoms with Crippen molar-refractivity contribution in [3.8, 4) is 0 Å². The van der Waals surface area contributed by atoms with E-state index in [1.165, 1.54) is 6.07 Å². The van der Waals surface area contributed by atoms with Crippen LogP contribution in [0.2, 0.25) is 0 Å². The summed E-state index contributed by atoms with van der Waals surface area (Å²) >= 11 is 0. The number of hydrogen-bond donors (Lipinski definition) is 1. The van der Waals surface area contributed by atoms with Gasteiger partial charge in [-0.3, -0.25) is 10.1 Å². The highest BCUT2D eigenvalue weighted by atomic mass is 16.6. The van der Waals surface area contributed by atoms with E-state index in [0.29, 0.717) is 13.1 Å². The summed E-state index contributed by atoms with van der Waals surface area (Å²) in [5.41, 5.74) is 1.81. The Morgan fingerprint density at radius 1 is 1.22 bits per heavy atom. The Balaban J connectivity index is 1.90. The second-order valence-electron chi connectivity index (χ2n) is 3.75. The lowest BCUT2D eigenvalue weighted by Crippen LogP contribution is -2.14. The first-order chi connectivity index (χ1) is 8.75. The maximum absolute atomic E-state index is 10.6. The van der Waals surface area contributed by atoms with Crippen LogP contribution in [0.15, 0.2) is 42.6 Å². The van der Waals surface area contributed by atoms with Crippen molar-refractivity contribution < 1.29 is 4.92 Å². The van der Waals surface area contributed by atoms with Gasteiger partial charge in [0.15, 0.2) is 0 Å². The summed E-state index contributed by atoms with van der Waals surface area (Å²) in [5.74, 6) is 0. The van der Waals surface area contributed by atoms with E-state index < -0.39 is 4.92 Å². The molecule has 0 saturated heterocycles. The molecule has 92 valence electrons. The Morgan fingerprint density at radius 3 is 2.83 bits per heavy atom. The van der Waals surface area contributed by atoms with Crippen molar-refractivity contribution in [1.29, 1.82) is 0 Å². The largest absolute Gasteiger partial charge is 0.307 e. The predicted octanol–water partition coefficient (Wildman–Crippen LogP) is 1.67. The van der Waals surface area contributed by atoms with Crippen LogP contribution < -0.4 is 5.32 Å². The molecule has 0 aliphatic rings. The third-order valence-corrected chi connectivity index (χ3v) is 2.38. The van der Waals surface area contributed by atoms with Gasteiger partial charge in [-0.05, 0) is 17.7 Å². The minimum atomic E-state index is -0.397. The minimum absolute atomic E-state index is 0.105. The first-order valence-electron chi connectivity index (χ1n) is 5.46. The molecule has 1 aromatic carbocycles. The summed E-state index contributed by atoms with van der Waals surface area (Å²) in [5, 5.41) is 21.5. The van der Waals surface area contributed by atoms with Crippen LogP contribution in [-0.2, 0) is 13.1 Å². The Bertz CT molecular complexity index is 531. The van der Waals surface area contributed by atoms with E-state index >= 15 is 0 Å². The number of nitrogens with zero attached hydrogens (tertiary/aromatic N) is 3. The van der Waals surface area contributed by atoms with Gasteiger partial charge < -0.3 is 5.32 Å². The fourth-order valence-electron chi connectivity index (χ4n) is 1.54. The van der Waals surface area contributed by atoms with Crippen LogP contribution in [0.1, 0.15) is 11.3 Å². The number of nitrogens with one attached hydrogen (secondary N) is 1. The number of non-ortho nitro benzene ring substituents is 1. The van der Waals surface area contributed by atoms with E-state index in [1.54, 1.807) is 18.3 Å². The standard InChI is InChI=1S/C12H12N4O2/c17-16(18)12-5-1-3-10(7-12)8-13-9-11-4-2-6-14-15-11/h1-7,13H,8-9H2. The molecule has 0 spiro atoms. The molecule has 0 aliphatic heterocycles. The average Bonchev–Trinajstić information content (AvgIpc) is 2.40. The molecular formula is C12H12N4O2. The van der Waals surface area contributed by atoms with Crippen molar-refractivity contribution in [2.75, 3.05) is 0 Å². The van der Waals surface area contributed by atoms with Gasteiger partial charge >= 0.3 is 0 Å². The Kier molecular flexibility index (Phi) is 3.93. The number of rotatable bonds is 5. The van der Waals surface area contributed by atoms with E-state index in [0.717, 1.165) is 11.3 Å². The van der Waals surface area contributed by atoms with Crippen LogP contribution in [0.3, 0.4) is 0 Å². The topological polar surface area (TPSA) is 81.0 Å². The van der Waals surface area contributed by atoms with Gasteiger partial charge in [-0.2, -0.15) is 10.2 Å². The van der Waals surface area contributed by atoms with Gasteiger partial charge in [-0.1, -0.05) is 12.1 Å². The van der Waals surface area contributed by atoms with E-state index in [1.807, 2.05) is 18.2 Å². The molecule has 0 atom stereocenters. The number of nitro groups is 1. The zero-order valence-electron chi connectivity index (χ0n) is 9.61. The van der Waals surface area contributed by atoms with Crippen molar-refractivity contribution in [1.82, 2.24) is 15.5 Å². The SMILES string of the molecule is O=[N+]([O-])c1cccc(CNCc2cccnn2)c1. The van der Waals surface area contributed by atoms with Crippen molar-refractivity contribution in [3.63, 3.8) is 0 Å². The first-order valence-corrected chi connectivity index (χ1v) is 5.46. The summed E-state index contributed by atoms with van der Waals surface area (Å²) in [7, 11) is 0. The van der Waals surface area contributed by atoms with Crippen LogP contribution in [0, 0.1) is 10.1 Å². The summed E-state index contributed by atoms with van der Waals surface area (Å²) in [6, 6.07) is 10.2. The molecule has 6 nitrogen and oxygen atoms in total. The van der Waals surface area contributed by atoms with E-state index in [9.17, 15) is 10.1 Å². The van der Waals surface area contributed by atoms with Crippen LogP contribution in [0.25, 0.3) is 0 Å². The monoisotopic (exact) mass is 244 g/mol. The van der Waals surface area contributed by atoms with E-state index in [4.69, 9.17) is 0 Å². The maximum Gasteiger partial charge on any atom is 0.269 e. The summed E-state index contributed by atoms with van der Waals surface area (Å²) in [6.07, 6.45) is 1.62. The van der Waals surface area contributed by atoms with E-state index in [-0.39, 0.29) is 5.69 Å². The molecule has 0 amide bonds. The molecule has 2 rings (SSSR count). The Morgan fingerprint density at radius 2 is 2.11 bits per heavy atom. The molecule has 0 saturated carbocycles. The lowest BCUT2D eigenvalue weighted by Gasteiger charge is -2.03. The number of hydrogen-bond acceptors (Lipinski definition) is 5. The molecule has 6 heteroatoms. The summed E-state index contributed by atoms with van der Waals surface area (Å²) < 4.78 is 0. The van der Waals surface area contributed by atoms with Gasteiger partial charge in [0.1, 0.15) is 0 Å². The lowest BCUT2D eigenvalue weighted by molar-refractivity contribution is -0.384. The molecule has 0 aliphatic carbocycles. The van der Waals surface area contributed by atoms with Crippen LogP contribution in [0.4, 0.5) is 5.69 Å². The fourth-order valence-corrected chi connectivity index (χ4v) is 1.54. The highest BCUT2D eigenvalue weighted by molar-refractivity contribution is 5.34. The van der Waals surface area contributed by atoms with Crippen molar-refractivity contribution in [3.05, 3.63) is 64.0 Å². The molecule has 0 radical (unpaired) electrons. The zero-order chi connectivity index (χ0) is 12.8. The van der Waals surface area contributed by atoms with Gasteiger partial charge in [-0.25, -0.2) is 0 Å². The Labute approximate surface area is 104 Å². The number of benzene rings is 1. The Hall–Kier alpha value is -2.34. The quantitative estimate of drug-likeness (QED) is 0.639. The smallest absolute Gasteiger partial charge is 0.269 e. The summed E-state index contributed by atoms with van der Waals surface area (Å²) in [6.45, 7) is 1.13.